The Balaban J connectivity index is 1.58. The summed E-state index contributed by atoms with van der Waals surface area (Å²) in [6.45, 7) is 2.65. The van der Waals surface area contributed by atoms with Gasteiger partial charge in [0.25, 0.3) is 11.8 Å². The third-order valence-electron chi connectivity index (χ3n) is 5.58. The molecular weight excluding hydrogens is 348 g/mol. The van der Waals surface area contributed by atoms with Crippen LogP contribution >= 0.6 is 11.3 Å². The first-order valence-corrected chi connectivity index (χ1v) is 9.82. The van der Waals surface area contributed by atoms with E-state index in [1.807, 2.05) is 10.3 Å². The van der Waals surface area contributed by atoms with Gasteiger partial charge >= 0.3 is 0 Å². The molecule has 1 saturated heterocycles. The highest BCUT2D eigenvalue weighted by atomic mass is 32.1. The second kappa shape index (κ2) is 6.81. The molecule has 1 aliphatic carbocycles. The summed E-state index contributed by atoms with van der Waals surface area (Å²) in [5.74, 6) is -0.616. The normalized spacial score (nSPS) is 20.7. The zero-order chi connectivity index (χ0) is 18.1. The molecule has 6 nitrogen and oxygen atoms in total. The van der Waals surface area contributed by atoms with Gasteiger partial charge in [-0.2, -0.15) is 11.3 Å². The van der Waals surface area contributed by atoms with Gasteiger partial charge < -0.3 is 16.0 Å². The lowest BCUT2D eigenvalue weighted by atomic mass is 9.93. The van der Waals surface area contributed by atoms with Gasteiger partial charge in [-0.15, -0.1) is 0 Å². The first kappa shape index (κ1) is 17.2. The lowest BCUT2D eigenvalue weighted by Gasteiger charge is -2.29. The summed E-state index contributed by atoms with van der Waals surface area (Å²) in [5.41, 5.74) is 7.33. The molecule has 4 rings (SSSR count). The number of carbonyl (C=O) groups is 2. The fourth-order valence-corrected chi connectivity index (χ4v) is 4.62. The number of hydrogen-bond donors (Lipinski definition) is 2. The third kappa shape index (κ3) is 3.24. The molecule has 7 heteroatoms. The number of nitrogens with two attached hydrogens (primary N) is 1. The smallest absolute Gasteiger partial charge is 0.267 e. The van der Waals surface area contributed by atoms with Crippen molar-refractivity contribution in [3.05, 3.63) is 52.0 Å². The number of piperidine rings is 1. The molecule has 0 bridgehead atoms. The van der Waals surface area contributed by atoms with Crippen LogP contribution in [0.15, 0.2) is 35.2 Å². The Morgan fingerprint density at radius 2 is 2.12 bits per heavy atom. The van der Waals surface area contributed by atoms with Gasteiger partial charge in [-0.05, 0) is 72.3 Å². The number of amides is 2. The van der Waals surface area contributed by atoms with Gasteiger partial charge in [0.15, 0.2) is 0 Å². The number of hydrogen-bond acceptors (Lipinski definition) is 5. The van der Waals surface area contributed by atoms with E-state index >= 15 is 0 Å². The zero-order valence-corrected chi connectivity index (χ0v) is 15.3. The number of carbonyl (C=O) groups excluding carboxylic acids is 2. The number of nitrogens with one attached hydrogen (secondary N) is 1. The Morgan fingerprint density at radius 3 is 2.73 bits per heavy atom. The molecule has 1 unspecified atom stereocenters. The Kier molecular flexibility index (Phi) is 4.50. The Hall–Kier alpha value is -2.25. The number of nitrogens with zero attached hydrogens (tertiary/aromatic N) is 2. The van der Waals surface area contributed by atoms with Gasteiger partial charge in [0.2, 0.25) is 0 Å². The lowest BCUT2D eigenvalue weighted by Crippen LogP contribution is -2.39. The van der Waals surface area contributed by atoms with Crippen molar-refractivity contribution in [2.75, 3.05) is 13.1 Å². The van der Waals surface area contributed by atoms with E-state index < -0.39 is 5.91 Å². The highest BCUT2D eigenvalue weighted by Gasteiger charge is 2.57. The molecule has 2 amide bonds. The molecule has 1 saturated carbocycles. The topological polar surface area (TPSA) is 88.3 Å². The third-order valence-corrected chi connectivity index (χ3v) is 6.31. The molecule has 1 spiro atoms. The van der Waals surface area contributed by atoms with Crippen molar-refractivity contribution in [2.45, 2.75) is 31.8 Å². The standard InChI is InChI=1S/C19H22N4O2S/c20-17(24)15-2-1-14(10-22-15)18(25)23(11-13-3-8-26-12-13)16-9-19(16)4-6-21-7-5-19/h1-3,8,10,12,16,21H,4-7,9,11H2,(H2,20,24). The van der Waals surface area contributed by atoms with Crippen molar-refractivity contribution in [2.24, 2.45) is 11.1 Å². The summed E-state index contributed by atoms with van der Waals surface area (Å²) >= 11 is 1.64. The predicted molar refractivity (Wildman–Crippen MR) is 99.9 cm³/mol. The van der Waals surface area contributed by atoms with E-state index in [1.165, 1.54) is 12.3 Å². The van der Waals surface area contributed by atoms with Gasteiger partial charge in [-0.1, -0.05) is 0 Å². The number of primary amides is 1. The first-order valence-electron chi connectivity index (χ1n) is 8.88. The molecule has 2 fully saturated rings. The fraction of sp³-hybridized carbons (Fsp3) is 0.421. The van der Waals surface area contributed by atoms with Gasteiger partial charge in [0.1, 0.15) is 5.69 Å². The number of pyridine rings is 1. The van der Waals surface area contributed by atoms with Crippen LogP contribution in [0, 0.1) is 5.41 Å². The lowest BCUT2D eigenvalue weighted by molar-refractivity contribution is 0.0691. The Morgan fingerprint density at radius 1 is 1.31 bits per heavy atom. The summed E-state index contributed by atoms with van der Waals surface area (Å²) in [5, 5.41) is 7.53. The molecule has 3 N–H and O–H groups in total. The van der Waals surface area contributed by atoms with Crippen molar-refractivity contribution in [1.29, 1.82) is 0 Å². The van der Waals surface area contributed by atoms with Gasteiger partial charge in [-0.3, -0.25) is 14.6 Å². The minimum Gasteiger partial charge on any atom is -0.364 e. The van der Waals surface area contributed by atoms with E-state index in [-0.39, 0.29) is 23.1 Å². The quantitative estimate of drug-likeness (QED) is 0.843. The second-order valence-corrected chi connectivity index (χ2v) is 7.97. The van der Waals surface area contributed by atoms with Crippen molar-refractivity contribution in [3.63, 3.8) is 0 Å². The van der Waals surface area contributed by atoms with E-state index in [4.69, 9.17) is 5.73 Å². The highest BCUT2D eigenvalue weighted by Crippen LogP contribution is 2.56. The SMILES string of the molecule is NC(=O)c1ccc(C(=O)N(Cc2ccsc2)C2CC23CCNCC3)cn1. The molecule has 2 aliphatic rings. The molecule has 1 atom stereocenters. The molecule has 3 heterocycles. The van der Waals surface area contributed by atoms with Crippen molar-refractivity contribution in [3.8, 4) is 0 Å². The average molecular weight is 370 g/mol. The van der Waals surface area contributed by atoms with Crippen LogP contribution < -0.4 is 11.1 Å². The molecule has 2 aromatic rings. The number of rotatable bonds is 5. The van der Waals surface area contributed by atoms with E-state index in [9.17, 15) is 9.59 Å². The molecular formula is C19H22N4O2S. The molecule has 1 aliphatic heterocycles. The average Bonchev–Trinajstić information content (AvgIpc) is 3.08. The van der Waals surface area contributed by atoms with Gasteiger partial charge in [0, 0.05) is 18.8 Å². The Bertz CT molecular complexity index is 797. The van der Waals surface area contributed by atoms with Crippen LogP contribution in [-0.2, 0) is 6.54 Å². The van der Waals surface area contributed by atoms with Gasteiger partial charge in [-0.25, -0.2) is 0 Å². The van der Waals surface area contributed by atoms with E-state index in [2.05, 4.69) is 21.7 Å². The molecule has 0 radical (unpaired) electrons. The number of thiophene rings is 1. The molecule has 2 aromatic heterocycles. The minimum absolute atomic E-state index is 0.0277. The minimum atomic E-state index is -0.588. The summed E-state index contributed by atoms with van der Waals surface area (Å²) in [6, 6.07) is 5.50. The maximum absolute atomic E-state index is 13.2. The second-order valence-electron chi connectivity index (χ2n) is 7.19. The monoisotopic (exact) mass is 370 g/mol. The van der Waals surface area contributed by atoms with E-state index in [0.717, 1.165) is 37.9 Å². The van der Waals surface area contributed by atoms with Crippen molar-refractivity contribution < 1.29 is 9.59 Å². The largest absolute Gasteiger partial charge is 0.364 e. The highest BCUT2D eigenvalue weighted by molar-refractivity contribution is 7.07. The molecule has 136 valence electrons. The summed E-state index contributed by atoms with van der Waals surface area (Å²) < 4.78 is 0. The van der Waals surface area contributed by atoms with Crippen LogP contribution in [-0.4, -0.2) is 40.8 Å². The van der Waals surface area contributed by atoms with E-state index in [0.29, 0.717) is 12.1 Å². The fourth-order valence-electron chi connectivity index (χ4n) is 3.96. The first-order chi connectivity index (χ1) is 12.6. The Labute approximate surface area is 156 Å². The van der Waals surface area contributed by atoms with Crippen LogP contribution in [0.2, 0.25) is 0 Å². The van der Waals surface area contributed by atoms with Gasteiger partial charge in [0.05, 0.1) is 5.56 Å². The van der Waals surface area contributed by atoms with Crippen LogP contribution in [0.4, 0.5) is 0 Å². The number of aromatic nitrogens is 1. The van der Waals surface area contributed by atoms with Crippen LogP contribution in [0.3, 0.4) is 0 Å². The van der Waals surface area contributed by atoms with Crippen molar-refractivity contribution in [1.82, 2.24) is 15.2 Å². The molecule has 26 heavy (non-hydrogen) atoms. The van der Waals surface area contributed by atoms with E-state index in [1.54, 1.807) is 17.4 Å². The summed E-state index contributed by atoms with van der Waals surface area (Å²) in [6.07, 6.45) is 4.76. The maximum atomic E-state index is 13.2. The summed E-state index contributed by atoms with van der Waals surface area (Å²) in [7, 11) is 0. The summed E-state index contributed by atoms with van der Waals surface area (Å²) in [4.78, 5) is 30.5. The van der Waals surface area contributed by atoms with Crippen molar-refractivity contribution >= 4 is 23.2 Å². The predicted octanol–water partition coefficient (Wildman–Crippen LogP) is 2.03. The van der Waals surface area contributed by atoms with Crippen LogP contribution in [0.25, 0.3) is 0 Å². The molecule has 0 aromatic carbocycles. The maximum Gasteiger partial charge on any atom is 0.267 e. The van der Waals surface area contributed by atoms with Crippen LogP contribution in [0.1, 0.15) is 45.7 Å². The van der Waals surface area contributed by atoms with Crippen LogP contribution in [0.5, 0.6) is 0 Å². The zero-order valence-electron chi connectivity index (χ0n) is 14.5.